The molecule has 0 saturated carbocycles. The standard InChI is InChI=1S/C25H29N9O4/c1-15-3-4-16(23(29-26)31-30-17-12-32(13-17)25(37)38-2)9-21(15)28-24(36)20-11-27-34-8-6-18(10-22(20)34)33-7-5-19(33)14-35/h3-4,6,8-11,17,19,35H,5,7,12-14,26H2,1-2H3,(H,28,36)/b29-23-,31-30?/t19-/m0/s1. The molecule has 1 atom stereocenters. The van der Waals surface area contributed by atoms with Crippen LogP contribution in [-0.2, 0) is 4.74 Å². The minimum Gasteiger partial charge on any atom is -0.453 e. The van der Waals surface area contributed by atoms with E-state index in [1.165, 1.54) is 18.2 Å². The van der Waals surface area contributed by atoms with E-state index in [1.807, 2.05) is 31.3 Å². The number of hydrogen-bond acceptors (Lipinski definition) is 9. The average molecular weight is 520 g/mol. The molecule has 2 saturated heterocycles. The second kappa shape index (κ2) is 10.5. The Hall–Kier alpha value is -4.52. The van der Waals surface area contributed by atoms with Crippen LogP contribution >= 0.6 is 0 Å². The number of amides is 2. The number of aliphatic hydroxyl groups is 1. The van der Waals surface area contributed by atoms with Crippen LogP contribution in [0.25, 0.3) is 5.52 Å². The predicted molar refractivity (Wildman–Crippen MR) is 141 cm³/mol. The van der Waals surface area contributed by atoms with Gasteiger partial charge in [0.25, 0.3) is 5.91 Å². The zero-order valence-corrected chi connectivity index (χ0v) is 21.1. The molecule has 4 N–H and O–H groups in total. The summed E-state index contributed by atoms with van der Waals surface area (Å²) in [7, 11) is 1.33. The van der Waals surface area contributed by atoms with E-state index in [2.05, 4.69) is 35.4 Å². The number of aromatic nitrogens is 2. The van der Waals surface area contributed by atoms with E-state index in [0.29, 0.717) is 35.4 Å². The highest BCUT2D eigenvalue weighted by molar-refractivity contribution is 6.10. The number of methoxy groups -OCH3 is 1. The summed E-state index contributed by atoms with van der Waals surface area (Å²) in [5.41, 5.74) is 4.01. The fourth-order valence-electron chi connectivity index (χ4n) is 4.48. The molecule has 0 radical (unpaired) electrons. The normalized spacial score (nSPS) is 18.0. The number of aryl methyl sites for hydroxylation is 1. The number of azo groups is 1. The van der Waals surface area contributed by atoms with Crippen LogP contribution in [0.4, 0.5) is 16.2 Å². The van der Waals surface area contributed by atoms with Crippen molar-refractivity contribution in [3.05, 3.63) is 59.4 Å². The molecule has 2 aliphatic rings. The molecule has 2 aromatic heterocycles. The van der Waals surface area contributed by atoms with E-state index in [4.69, 9.17) is 5.84 Å². The number of rotatable bonds is 6. The van der Waals surface area contributed by atoms with Gasteiger partial charge >= 0.3 is 6.09 Å². The summed E-state index contributed by atoms with van der Waals surface area (Å²) in [5, 5.41) is 29.0. The smallest absolute Gasteiger partial charge is 0.409 e. The summed E-state index contributed by atoms with van der Waals surface area (Å²) in [6.07, 6.45) is 3.87. The van der Waals surface area contributed by atoms with E-state index in [-0.39, 0.29) is 30.4 Å². The monoisotopic (exact) mass is 519 g/mol. The van der Waals surface area contributed by atoms with Gasteiger partial charge in [-0.25, -0.2) is 9.31 Å². The molecule has 3 aromatic rings. The number of nitrogens with zero attached hydrogens (tertiary/aromatic N) is 7. The Balaban J connectivity index is 1.32. The molecule has 198 valence electrons. The van der Waals surface area contributed by atoms with Crippen LogP contribution in [0.1, 0.15) is 27.9 Å². The Labute approximate surface area is 218 Å². The van der Waals surface area contributed by atoms with E-state index >= 15 is 0 Å². The number of nitrogens with two attached hydrogens (primary N) is 1. The van der Waals surface area contributed by atoms with Gasteiger partial charge in [-0.2, -0.15) is 15.3 Å². The Morgan fingerprint density at radius 2 is 2.08 bits per heavy atom. The summed E-state index contributed by atoms with van der Waals surface area (Å²) in [4.78, 5) is 28.4. The molecule has 0 bridgehead atoms. The largest absolute Gasteiger partial charge is 0.453 e. The van der Waals surface area contributed by atoms with Crippen LogP contribution in [0.3, 0.4) is 0 Å². The van der Waals surface area contributed by atoms with Gasteiger partial charge in [-0.3, -0.25) is 4.79 Å². The van der Waals surface area contributed by atoms with Crippen molar-refractivity contribution >= 4 is 34.7 Å². The second-order valence-electron chi connectivity index (χ2n) is 9.27. The first-order valence-electron chi connectivity index (χ1n) is 12.2. The third-order valence-electron chi connectivity index (χ3n) is 6.91. The van der Waals surface area contributed by atoms with Gasteiger partial charge in [-0.1, -0.05) is 12.1 Å². The average Bonchev–Trinajstić information content (AvgIpc) is 3.30. The zero-order chi connectivity index (χ0) is 26.8. The fourth-order valence-corrected chi connectivity index (χ4v) is 4.48. The molecule has 13 heteroatoms. The number of ether oxygens (including phenoxy) is 1. The number of carbonyl (C=O) groups excluding carboxylic acids is 2. The molecular formula is C25H29N9O4. The third kappa shape index (κ3) is 4.75. The molecule has 0 aliphatic carbocycles. The number of fused-ring (bicyclic) bond motifs is 1. The Kier molecular flexibility index (Phi) is 6.92. The minimum atomic E-state index is -0.402. The minimum absolute atomic E-state index is 0.0909. The van der Waals surface area contributed by atoms with Crippen LogP contribution in [-0.4, -0.2) is 82.9 Å². The molecular weight excluding hydrogens is 490 g/mol. The maximum Gasteiger partial charge on any atom is 0.409 e. The van der Waals surface area contributed by atoms with Crippen molar-refractivity contribution in [1.82, 2.24) is 14.5 Å². The first-order valence-corrected chi connectivity index (χ1v) is 12.2. The van der Waals surface area contributed by atoms with Crippen LogP contribution in [0, 0.1) is 6.92 Å². The SMILES string of the molecule is COC(=O)N1CC(N=N/C(=N\N)c2ccc(C)c(NC(=O)c3cnn4ccc(N5CC[C@H]5CO)cc34)c2)C1. The first kappa shape index (κ1) is 25.1. The van der Waals surface area contributed by atoms with Gasteiger partial charge in [-0.15, -0.1) is 5.11 Å². The van der Waals surface area contributed by atoms with Gasteiger partial charge in [0.1, 0.15) is 6.04 Å². The first-order chi connectivity index (χ1) is 18.4. The number of hydrogen-bond donors (Lipinski definition) is 3. The summed E-state index contributed by atoms with van der Waals surface area (Å²) >= 11 is 0. The molecule has 2 amide bonds. The summed E-state index contributed by atoms with van der Waals surface area (Å²) in [6, 6.07) is 9.13. The number of aliphatic hydroxyl groups excluding tert-OH is 1. The van der Waals surface area contributed by atoms with E-state index < -0.39 is 6.09 Å². The van der Waals surface area contributed by atoms with Crippen LogP contribution in [0.2, 0.25) is 0 Å². The molecule has 4 heterocycles. The topological polar surface area (TPSA) is 163 Å². The number of likely N-dealkylation sites (tertiary alicyclic amines) is 1. The quantitative estimate of drug-likeness (QED) is 0.147. The number of nitrogens with one attached hydrogen (secondary N) is 1. The van der Waals surface area contributed by atoms with Crippen molar-refractivity contribution < 1.29 is 19.4 Å². The van der Waals surface area contributed by atoms with Crippen LogP contribution in [0.15, 0.2) is 58.1 Å². The van der Waals surface area contributed by atoms with E-state index in [1.54, 1.807) is 16.6 Å². The maximum absolute atomic E-state index is 13.3. The van der Waals surface area contributed by atoms with Crippen LogP contribution in [0.5, 0.6) is 0 Å². The molecule has 0 spiro atoms. The lowest BCUT2D eigenvalue weighted by Crippen LogP contribution is -2.52. The molecule has 13 nitrogen and oxygen atoms in total. The lowest BCUT2D eigenvalue weighted by molar-refractivity contribution is 0.0885. The highest BCUT2D eigenvalue weighted by Gasteiger charge is 2.31. The number of amidine groups is 1. The lowest BCUT2D eigenvalue weighted by Gasteiger charge is -2.41. The highest BCUT2D eigenvalue weighted by atomic mass is 16.5. The number of pyridine rings is 1. The predicted octanol–water partition coefficient (Wildman–Crippen LogP) is 1.99. The third-order valence-corrected chi connectivity index (χ3v) is 6.91. The van der Waals surface area contributed by atoms with Gasteiger partial charge in [0.15, 0.2) is 5.84 Å². The maximum atomic E-state index is 13.3. The fraction of sp³-hybridized carbons (Fsp3) is 0.360. The van der Waals surface area contributed by atoms with Crippen LogP contribution < -0.4 is 16.1 Å². The van der Waals surface area contributed by atoms with Gasteiger partial charge < -0.3 is 30.8 Å². The second-order valence-corrected chi connectivity index (χ2v) is 9.27. The highest BCUT2D eigenvalue weighted by Crippen LogP contribution is 2.28. The van der Waals surface area contributed by atoms with E-state index in [0.717, 1.165) is 24.2 Å². The molecule has 5 rings (SSSR count). The number of carbonyl (C=O) groups is 2. The lowest BCUT2D eigenvalue weighted by atomic mass is 10.0. The molecule has 2 fully saturated rings. The van der Waals surface area contributed by atoms with Gasteiger partial charge in [0, 0.05) is 29.7 Å². The van der Waals surface area contributed by atoms with E-state index in [9.17, 15) is 14.7 Å². The molecule has 2 aliphatic heterocycles. The van der Waals surface area contributed by atoms with Crippen molar-refractivity contribution in [2.24, 2.45) is 21.2 Å². The van der Waals surface area contributed by atoms with Crippen molar-refractivity contribution in [2.45, 2.75) is 25.4 Å². The number of benzene rings is 1. The Morgan fingerprint density at radius 3 is 2.76 bits per heavy atom. The molecule has 0 unspecified atom stereocenters. The summed E-state index contributed by atoms with van der Waals surface area (Å²) in [6.45, 7) is 3.64. The summed E-state index contributed by atoms with van der Waals surface area (Å²) < 4.78 is 6.33. The zero-order valence-electron chi connectivity index (χ0n) is 21.1. The van der Waals surface area contributed by atoms with Crippen molar-refractivity contribution in [3.8, 4) is 0 Å². The number of hydrazone groups is 1. The number of anilines is 2. The van der Waals surface area contributed by atoms with Gasteiger partial charge in [0.2, 0.25) is 0 Å². The molecule has 38 heavy (non-hydrogen) atoms. The Morgan fingerprint density at radius 1 is 1.26 bits per heavy atom. The van der Waals surface area contributed by atoms with Gasteiger partial charge in [0.05, 0.1) is 50.1 Å². The van der Waals surface area contributed by atoms with Gasteiger partial charge in [-0.05, 0) is 37.1 Å². The Bertz CT molecular complexity index is 1430. The van der Waals surface area contributed by atoms with Crippen molar-refractivity contribution in [3.63, 3.8) is 0 Å². The molecule has 1 aromatic carbocycles. The van der Waals surface area contributed by atoms with Crippen molar-refractivity contribution in [1.29, 1.82) is 0 Å². The van der Waals surface area contributed by atoms with Crippen molar-refractivity contribution in [2.75, 3.05) is 43.6 Å². The summed E-state index contributed by atoms with van der Waals surface area (Å²) in [5.74, 6) is 5.47.